The number of aromatic nitrogens is 3. The third kappa shape index (κ3) is 3.52. The van der Waals surface area contributed by atoms with Gasteiger partial charge in [-0.1, -0.05) is 17.7 Å². The minimum absolute atomic E-state index is 0.205. The number of rotatable bonds is 5. The summed E-state index contributed by atoms with van der Waals surface area (Å²) in [5.41, 5.74) is 3.98. The maximum absolute atomic E-state index is 12.7. The van der Waals surface area contributed by atoms with Gasteiger partial charge in [0.05, 0.1) is 30.6 Å². The first-order valence-corrected chi connectivity index (χ1v) is 7.99. The summed E-state index contributed by atoms with van der Waals surface area (Å²) in [7, 11) is 1.62. The van der Waals surface area contributed by atoms with Crippen molar-refractivity contribution < 1.29 is 9.53 Å². The second-order valence-corrected chi connectivity index (χ2v) is 5.84. The summed E-state index contributed by atoms with van der Waals surface area (Å²) in [6.07, 6.45) is 4.90. The molecule has 0 saturated carbocycles. The minimum Gasteiger partial charge on any atom is -0.496 e. The van der Waals surface area contributed by atoms with Gasteiger partial charge in [0.1, 0.15) is 5.75 Å². The SMILES string of the molecule is COc1ccc(C)cc1C(C)NC(=O)c1cn[nH]c1-c1cccnc1. The van der Waals surface area contributed by atoms with Crippen molar-refractivity contribution in [2.24, 2.45) is 0 Å². The molecule has 128 valence electrons. The Morgan fingerprint density at radius 2 is 2.12 bits per heavy atom. The Balaban J connectivity index is 1.84. The molecule has 3 rings (SSSR count). The molecule has 2 heterocycles. The van der Waals surface area contributed by atoms with Crippen molar-refractivity contribution in [3.8, 4) is 17.0 Å². The number of pyridine rings is 1. The lowest BCUT2D eigenvalue weighted by Gasteiger charge is -2.18. The van der Waals surface area contributed by atoms with Gasteiger partial charge in [-0.2, -0.15) is 5.10 Å². The normalized spacial score (nSPS) is 11.8. The number of nitrogens with zero attached hydrogens (tertiary/aromatic N) is 2. The summed E-state index contributed by atoms with van der Waals surface area (Å²) in [6, 6.07) is 9.39. The first-order valence-electron chi connectivity index (χ1n) is 7.99. The number of methoxy groups -OCH3 is 1. The Morgan fingerprint density at radius 3 is 2.84 bits per heavy atom. The summed E-state index contributed by atoms with van der Waals surface area (Å²) < 4.78 is 5.41. The molecular formula is C19H20N4O2. The fraction of sp³-hybridized carbons (Fsp3) is 0.211. The molecule has 1 aromatic carbocycles. The summed E-state index contributed by atoms with van der Waals surface area (Å²) in [5, 5.41) is 9.89. The highest BCUT2D eigenvalue weighted by Gasteiger charge is 2.19. The fourth-order valence-electron chi connectivity index (χ4n) is 2.73. The van der Waals surface area contributed by atoms with Gasteiger partial charge in [-0.05, 0) is 32.0 Å². The van der Waals surface area contributed by atoms with Gasteiger partial charge in [-0.3, -0.25) is 14.9 Å². The Morgan fingerprint density at radius 1 is 1.28 bits per heavy atom. The van der Waals surface area contributed by atoms with Crippen LogP contribution in [0.15, 0.2) is 48.9 Å². The summed E-state index contributed by atoms with van der Waals surface area (Å²) >= 11 is 0. The van der Waals surface area contributed by atoms with E-state index < -0.39 is 0 Å². The molecule has 1 unspecified atom stereocenters. The zero-order valence-electron chi connectivity index (χ0n) is 14.4. The number of carbonyl (C=O) groups is 1. The quantitative estimate of drug-likeness (QED) is 0.749. The average Bonchev–Trinajstić information content (AvgIpc) is 3.12. The third-order valence-corrected chi connectivity index (χ3v) is 4.03. The molecule has 6 nitrogen and oxygen atoms in total. The lowest BCUT2D eigenvalue weighted by Crippen LogP contribution is -2.27. The molecule has 3 aromatic rings. The highest BCUT2D eigenvalue weighted by atomic mass is 16.5. The number of amides is 1. The molecule has 0 spiro atoms. The number of aromatic amines is 1. The van der Waals surface area contributed by atoms with Gasteiger partial charge < -0.3 is 10.1 Å². The Hall–Kier alpha value is -3.15. The van der Waals surface area contributed by atoms with E-state index >= 15 is 0 Å². The van der Waals surface area contributed by atoms with Crippen LogP contribution in [0.1, 0.15) is 34.5 Å². The van der Waals surface area contributed by atoms with E-state index in [9.17, 15) is 4.79 Å². The van der Waals surface area contributed by atoms with Gasteiger partial charge >= 0.3 is 0 Å². The lowest BCUT2D eigenvalue weighted by molar-refractivity contribution is 0.0940. The van der Waals surface area contributed by atoms with Crippen LogP contribution in [-0.2, 0) is 0 Å². The molecule has 0 aliphatic carbocycles. The van der Waals surface area contributed by atoms with Gasteiger partial charge in [0.2, 0.25) is 0 Å². The smallest absolute Gasteiger partial charge is 0.255 e. The summed E-state index contributed by atoms with van der Waals surface area (Å²) in [5.74, 6) is 0.543. The van der Waals surface area contributed by atoms with Crippen LogP contribution in [0.2, 0.25) is 0 Å². The van der Waals surface area contributed by atoms with E-state index in [1.54, 1.807) is 19.5 Å². The van der Waals surface area contributed by atoms with E-state index in [0.29, 0.717) is 11.3 Å². The molecule has 1 atom stereocenters. The molecule has 0 saturated heterocycles. The monoisotopic (exact) mass is 336 g/mol. The number of aryl methyl sites for hydroxylation is 1. The largest absolute Gasteiger partial charge is 0.496 e. The highest BCUT2D eigenvalue weighted by molar-refractivity contribution is 5.99. The zero-order valence-corrected chi connectivity index (χ0v) is 14.4. The third-order valence-electron chi connectivity index (χ3n) is 4.03. The van der Waals surface area contributed by atoms with Crippen LogP contribution in [0.25, 0.3) is 11.3 Å². The first-order chi connectivity index (χ1) is 12.1. The molecule has 0 bridgehead atoms. The number of hydrogen-bond acceptors (Lipinski definition) is 4. The van der Waals surface area contributed by atoms with E-state index in [1.165, 1.54) is 6.20 Å². The Kier molecular flexibility index (Phi) is 4.79. The minimum atomic E-state index is -0.209. The van der Waals surface area contributed by atoms with E-state index in [2.05, 4.69) is 20.5 Å². The van der Waals surface area contributed by atoms with Gasteiger partial charge in [-0.15, -0.1) is 0 Å². The van der Waals surface area contributed by atoms with Crippen LogP contribution in [0.4, 0.5) is 0 Å². The van der Waals surface area contributed by atoms with Crippen molar-refractivity contribution in [1.82, 2.24) is 20.5 Å². The molecule has 0 aliphatic rings. The Labute approximate surface area is 146 Å². The molecular weight excluding hydrogens is 316 g/mol. The predicted molar refractivity (Wildman–Crippen MR) is 95.4 cm³/mol. The van der Waals surface area contributed by atoms with Crippen molar-refractivity contribution in [2.75, 3.05) is 7.11 Å². The second kappa shape index (κ2) is 7.17. The molecule has 1 amide bonds. The molecule has 6 heteroatoms. The fourth-order valence-corrected chi connectivity index (χ4v) is 2.73. The number of hydrogen-bond donors (Lipinski definition) is 2. The van der Waals surface area contributed by atoms with E-state index in [0.717, 1.165) is 22.4 Å². The maximum atomic E-state index is 12.7. The van der Waals surface area contributed by atoms with Crippen molar-refractivity contribution >= 4 is 5.91 Å². The van der Waals surface area contributed by atoms with Gasteiger partial charge in [0, 0.05) is 23.5 Å². The van der Waals surface area contributed by atoms with Crippen molar-refractivity contribution in [3.05, 3.63) is 65.6 Å². The van der Waals surface area contributed by atoms with Crippen LogP contribution in [0.5, 0.6) is 5.75 Å². The number of carbonyl (C=O) groups excluding carboxylic acids is 1. The van der Waals surface area contributed by atoms with Crippen LogP contribution in [-0.4, -0.2) is 28.2 Å². The number of nitrogens with one attached hydrogen (secondary N) is 2. The molecule has 0 aliphatic heterocycles. The number of H-pyrrole nitrogens is 1. The van der Waals surface area contributed by atoms with Crippen LogP contribution >= 0.6 is 0 Å². The number of ether oxygens (including phenoxy) is 1. The van der Waals surface area contributed by atoms with E-state index in [4.69, 9.17) is 4.74 Å². The van der Waals surface area contributed by atoms with Gasteiger partial charge in [0.15, 0.2) is 0 Å². The van der Waals surface area contributed by atoms with E-state index in [1.807, 2.05) is 44.2 Å². The zero-order chi connectivity index (χ0) is 17.8. The molecule has 0 fully saturated rings. The molecule has 25 heavy (non-hydrogen) atoms. The summed E-state index contributed by atoms with van der Waals surface area (Å²) in [4.78, 5) is 16.8. The molecule has 2 N–H and O–H groups in total. The van der Waals surface area contributed by atoms with Crippen LogP contribution in [0.3, 0.4) is 0 Å². The molecule has 2 aromatic heterocycles. The Bertz CT molecular complexity index is 874. The summed E-state index contributed by atoms with van der Waals surface area (Å²) in [6.45, 7) is 3.94. The standard InChI is InChI=1S/C19H20N4O2/c1-12-6-7-17(25-3)15(9-12)13(2)22-19(24)16-11-21-23-18(16)14-5-4-8-20-10-14/h4-11,13H,1-3H3,(H,21,23)(H,22,24). The van der Waals surface area contributed by atoms with Crippen molar-refractivity contribution in [2.45, 2.75) is 19.9 Å². The number of benzene rings is 1. The topological polar surface area (TPSA) is 79.9 Å². The average molecular weight is 336 g/mol. The lowest BCUT2D eigenvalue weighted by atomic mass is 10.0. The first kappa shape index (κ1) is 16.7. The van der Waals surface area contributed by atoms with Crippen LogP contribution in [0, 0.1) is 6.92 Å². The van der Waals surface area contributed by atoms with Crippen molar-refractivity contribution in [1.29, 1.82) is 0 Å². The molecule has 0 radical (unpaired) electrons. The second-order valence-electron chi connectivity index (χ2n) is 5.84. The highest BCUT2D eigenvalue weighted by Crippen LogP contribution is 2.27. The van der Waals surface area contributed by atoms with Crippen LogP contribution < -0.4 is 10.1 Å². The predicted octanol–water partition coefficient (Wildman–Crippen LogP) is 3.28. The maximum Gasteiger partial charge on any atom is 0.255 e. The van der Waals surface area contributed by atoms with E-state index in [-0.39, 0.29) is 11.9 Å². The van der Waals surface area contributed by atoms with Crippen molar-refractivity contribution in [3.63, 3.8) is 0 Å². The van der Waals surface area contributed by atoms with Gasteiger partial charge in [0.25, 0.3) is 5.91 Å². The van der Waals surface area contributed by atoms with Gasteiger partial charge in [-0.25, -0.2) is 0 Å².